The largest absolute Gasteiger partial charge is 0.346 e. The van der Waals surface area contributed by atoms with Gasteiger partial charge in [-0.05, 0) is 31.5 Å². The van der Waals surface area contributed by atoms with Crippen molar-refractivity contribution in [3.05, 3.63) is 59.0 Å². The van der Waals surface area contributed by atoms with Crippen LogP contribution in [-0.2, 0) is 0 Å². The smallest absolute Gasteiger partial charge is 0.227 e. The number of H-pyrrole nitrogens is 1. The second-order valence-corrected chi connectivity index (χ2v) is 5.60. The second kappa shape index (κ2) is 5.68. The first-order chi connectivity index (χ1) is 11.3. The van der Waals surface area contributed by atoms with Gasteiger partial charge < -0.3 is 10.3 Å². The minimum absolute atomic E-state index is 0.592. The molecule has 5 heteroatoms. The van der Waals surface area contributed by atoms with Crippen LogP contribution in [0.25, 0.3) is 17.3 Å². The van der Waals surface area contributed by atoms with Crippen LogP contribution in [0.5, 0.6) is 0 Å². The van der Waals surface area contributed by atoms with Gasteiger partial charge in [-0.3, -0.25) is 4.99 Å². The van der Waals surface area contributed by atoms with Crippen LogP contribution >= 0.6 is 0 Å². The highest BCUT2D eigenvalue weighted by Gasteiger charge is 2.08. The molecule has 0 fully saturated rings. The normalized spacial score (nSPS) is 12.9. The van der Waals surface area contributed by atoms with Crippen LogP contribution in [0, 0.1) is 6.92 Å². The minimum atomic E-state index is 0.592. The maximum atomic E-state index is 4.64. The average Bonchev–Trinajstić information content (AvgIpc) is 3.01. The van der Waals surface area contributed by atoms with Crippen molar-refractivity contribution in [3.8, 4) is 11.3 Å². The number of benzene rings is 1. The molecule has 0 bridgehead atoms. The molecular weight excluding hydrogens is 286 g/mol. The summed E-state index contributed by atoms with van der Waals surface area (Å²) >= 11 is 0. The van der Waals surface area contributed by atoms with Gasteiger partial charge in [-0.25, -0.2) is 9.97 Å². The van der Waals surface area contributed by atoms with Crippen LogP contribution in [-0.4, -0.2) is 21.5 Å². The van der Waals surface area contributed by atoms with Gasteiger partial charge >= 0.3 is 0 Å². The first kappa shape index (κ1) is 13.7. The lowest BCUT2D eigenvalue weighted by molar-refractivity contribution is 0.936. The molecule has 0 aliphatic carbocycles. The molecule has 114 valence electrons. The van der Waals surface area contributed by atoms with Gasteiger partial charge in [0.05, 0.1) is 5.69 Å². The molecule has 0 unspecified atom stereocenters. The number of rotatable bonds is 3. The van der Waals surface area contributed by atoms with Crippen molar-refractivity contribution in [2.24, 2.45) is 4.99 Å². The molecule has 3 aromatic rings. The van der Waals surface area contributed by atoms with Crippen molar-refractivity contribution in [2.75, 3.05) is 11.9 Å². The zero-order valence-electron chi connectivity index (χ0n) is 12.9. The SMILES string of the molecule is Cc1ccc(Nc2nccc(-c3c[nH]c4c3=CCCN=4)n2)cc1. The van der Waals surface area contributed by atoms with Crippen molar-refractivity contribution in [1.29, 1.82) is 0 Å². The Hall–Kier alpha value is -2.95. The van der Waals surface area contributed by atoms with Gasteiger partial charge in [0.15, 0.2) is 0 Å². The van der Waals surface area contributed by atoms with E-state index in [0.29, 0.717) is 5.95 Å². The van der Waals surface area contributed by atoms with E-state index in [4.69, 9.17) is 0 Å². The zero-order valence-corrected chi connectivity index (χ0v) is 12.9. The molecule has 1 aliphatic rings. The highest BCUT2D eigenvalue weighted by Crippen LogP contribution is 2.17. The van der Waals surface area contributed by atoms with E-state index >= 15 is 0 Å². The molecule has 0 spiro atoms. The standard InChI is InChI=1S/C18H17N5/c1-12-4-6-13(7-5-12)22-18-20-10-8-16(23-18)15-11-21-17-14(15)3-2-9-19-17/h3-8,10-11H,2,9H2,1H3,(H,19,21)(H,20,22,23). The molecule has 0 amide bonds. The van der Waals surface area contributed by atoms with Crippen molar-refractivity contribution < 1.29 is 0 Å². The second-order valence-electron chi connectivity index (χ2n) is 5.60. The minimum Gasteiger partial charge on any atom is -0.346 e. The van der Waals surface area contributed by atoms with E-state index in [1.807, 2.05) is 24.4 Å². The highest BCUT2D eigenvalue weighted by atomic mass is 15.1. The first-order valence-electron chi connectivity index (χ1n) is 7.69. The van der Waals surface area contributed by atoms with Crippen LogP contribution in [0.2, 0.25) is 0 Å². The molecule has 23 heavy (non-hydrogen) atoms. The first-order valence-corrected chi connectivity index (χ1v) is 7.69. The van der Waals surface area contributed by atoms with E-state index < -0.39 is 0 Å². The van der Waals surface area contributed by atoms with Crippen molar-refractivity contribution in [1.82, 2.24) is 15.0 Å². The summed E-state index contributed by atoms with van der Waals surface area (Å²) in [4.78, 5) is 16.7. The van der Waals surface area contributed by atoms with Crippen molar-refractivity contribution in [2.45, 2.75) is 13.3 Å². The fourth-order valence-electron chi connectivity index (χ4n) is 2.69. The lowest BCUT2D eigenvalue weighted by Gasteiger charge is -2.06. The molecule has 4 rings (SSSR count). The fraction of sp³-hybridized carbons (Fsp3) is 0.167. The molecule has 2 aromatic heterocycles. The van der Waals surface area contributed by atoms with Crippen LogP contribution in [0.4, 0.5) is 11.6 Å². The van der Waals surface area contributed by atoms with Crippen LogP contribution in [0.15, 0.2) is 47.7 Å². The van der Waals surface area contributed by atoms with E-state index in [9.17, 15) is 0 Å². The molecule has 2 N–H and O–H groups in total. The quantitative estimate of drug-likeness (QED) is 0.780. The van der Waals surface area contributed by atoms with Gasteiger partial charge in [0.1, 0.15) is 5.49 Å². The van der Waals surface area contributed by atoms with Gasteiger partial charge in [0.25, 0.3) is 0 Å². The summed E-state index contributed by atoms with van der Waals surface area (Å²) < 4.78 is 0. The van der Waals surface area contributed by atoms with Gasteiger partial charge in [-0.15, -0.1) is 0 Å². The Morgan fingerprint density at radius 2 is 2.00 bits per heavy atom. The third-order valence-corrected chi connectivity index (χ3v) is 3.89. The van der Waals surface area contributed by atoms with E-state index in [0.717, 1.165) is 40.6 Å². The molecule has 1 aliphatic heterocycles. The Morgan fingerprint density at radius 1 is 1.13 bits per heavy atom. The summed E-state index contributed by atoms with van der Waals surface area (Å²) in [7, 11) is 0. The van der Waals surface area contributed by atoms with Gasteiger partial charge in [0.2, 0.25) is 5.95 Å². The summed E-state index contributed by atoms with van der Waals surface area (Å²) in [5, 5.41) is 4.38. The number of nitrogens with zero attached hydrogens (tertiary/aromatic N) is 3. The van der Waals surface area contributed by atoms with Gasteiger partial charge in [0, 0.05) is 35.4 Å². The predicted molar refractivity (Wildman–Crippen MR) is 91.0 cm³/mol. The number of aromatic amines is 1. The molecule has 0 saturated heterocycles. The van der Waals surface area contributed by atoms with Crippen LogP contribution in [0.1, 0.15) is 12.0 Å². The van der Waals surface area contributed by atoms with Gasteiger partial charge in [-0.1, -0.05) is 23.8 Å². The Kier molecular flexibility index (Phi) is 3.38. The third kappa shape index (κ3) is 2.73. The lowest BCUT2D eigenvalue weighted by atomic mass is 10.1. The van der Waals surface area contributed by atoms with Crippen molar-refractivity contribution >= 4 is 17.7 Å². The molecule has 1 aromatic carbocycles. The average molecular weight is 303 g/mol. The lowest BCUT2D eigenvalue weighted by Crippen LogP contribution is -2.27. The predicted octanol–water partition coefficient (Wildman–Crippen LogP) is 2.33. The summed E-state index contributed by atoms with van der Waals surface area (Å²) in [5.74, 6) is 0.592. The maximum absolute atomic E-state index is 4.64. The fourth-order valence-corrected chi connectivity index (χ4v) is 2.69. The zero-order chi connectivity index (χ0) is 15.6. The topological polar surface area (TPSA) is 66.0 Å². The van der Waals surface area contributed by atoms with Gasteiger partial charge in [-0.2, -0.15) is 0 Å². The number of hydrogen-bond donors (Lipinski definition) is 2. The molecular formula is C18H17N5. The molecule has 0 atom stereocenters. The van der Waals surface area contributed by atoms with E-state index in [-0.39, 0.29) is 0 Å². The summed E-state index contributed by atoms with van der Waals surface area (Å²) in [6.45, 7) is 2.91. The summed E-state index contributed by atoms with van der Waals surface area (Å²) in [5.41, 5.74) is 5.10. The highest BCUT2D eigenvalue weighted by molar-refractivity contribution is 5.63. The Bertz CT molecular complexity index is 954. The Morgan fingerprint density at radius 3 is 2.87 bits per heavy atom. The van der Waals surface area contributed by atoms with E-state index in [1.165, 1.54) is 5.56 Å². The van der Waals surface area contributed by atoms with Crippen molar-refractivity contribution in [3.63, 3.8) is 0 Å². The van der Waals surface area contributed by atoms with Crippen LogP contribution < -0.4 is 16.0 Å². The molecule has 0 radical (unpaired) electrons. The number of hydrogen-bond acceptors (Lipinski definition) is 4. The monoisotopic (exact) mass is 303 g/mol. The number of nitrogens with one attached hydrogen (secondary N) is 2. The number of anilines is 2. The maximum Gasteiger partial charge on any atom is 0.227 e. The third-order valence-electron chi connectivity index (χ3n) is 3.89. The Labute approximate surface area is 133 Å². The molecule has 0 saturated carbocycles. The Balaban J connectivity index is 1.69. The summed E-state index contributed by atoms with van der Waals surface area (Å²) in [6, 6.07) is 10.1. The summed E-state index contributed by atoms with van der Waals surface area (Å²) in [6.07, 6.45) is 6.92. The number of fused-ring (bicyclic) bond motifs is 1. The number of aryl methyl sites for hydroxylation is 1. The van der Waals surface area contributed by atoms with E-state index in [1.54, 1.807) is 6.20 Å². The molecule has 5 nitrogen and oxygen atoms in total. The number of aromatic nitrogens is 3. The van der Waals surface area contributed by atoms with Crippen LogP contribution in [0.3, 0.4) is 0 Å². The molecule has 3 heterocycles. The van der Waals surface area contributed by atoms with E-state index in [2.05, 4.69) is 50.4 Å².